The van der Waals surface area contributed by atoms with Crippen LogP contribution in [0.2, 0.25) is 0 Å². The second-order valence-corrected chi connectivity index (χ2v) is 4.73. The molecule has 0 saturated heterocycles. The number of oxazole rings is 1. The molecule has 0 unspecified atom stereocenters. The fourth-order valence-corrected chi connectivity index (χ4v) is 2.29. The molecule has 2 aromatic heterocycles. The number of imidazole rings is 1. The third-order valence-electron chi connectivity index (χ3n) is 3.30. The van der Waals surface area contributed by atoms with Crippen LogP contribution in [-0.2, 0) is 11.7 Å². The first-order valence-corrected chi connectivity index (χ1v) is 6.36. The van der Waals surface area contributed by atoms with Crippen LogP contribution in [-0.4, -0.2) is 22.6 Å². The standard InChI is InChI=1S/C14H15BN4O2/c1-7-12(19(5)9(3)17-7)14(21-15)11(6-16)13-8(2)18-10(4)20-13/h1-5H3. The maximum Gasteiger partial charge on any atom is 0.374 e. The van der Waals surface area contributed by atoms with Gasteiger partial charge in [0.25, 0.3) is 0 Å². The van der Waals surface area contributed by atoms with Crippen LogP contribution in [0.25, 0.3) is 11.3 Å². The van der Waals surface area contributed by atoms with E-state index in [-0.39, 0.29) is 11.3 Å². The molecule has 0 fully saturated rings. The molecule has 2 radical (unpaired) electrons. The summed E-state index contributed by atoms with van der Waals surface area (Å²) >= 11 is 0. The Hall–Kier alpha value is -2.49. The van der Waals surface area contributed by atoms with Crippen molar-refractivity contribution in [1.82, 2.24) is 14.5 Å². The van der Waals surface area contributed by atoms with E-state index in [0.717, 1.165) is 11.5 Å². The Morgan fingerprint density at radius 3 is 2.29 bits per heavy atom. The van der Waals surface area contributed by atoms with Gasteiger partial charge < -0.3 is 13.6 Å². The van der Waals surface area contributed by atoms with Gasteiger partial charge in [-0.15, -0.1) is 0 Å². The Morgan fingerprint density at radius 1 is 1.24 bits per heavy atom. The normalized spacial score (nSPS) is 12.0. The number of nitrogens with zero attached hydrogens (tertiary/aromatic N) is 4. The Labute approximate surface area is 124 Å². The first kappa shape index (κ1) is 14.9. The zero-order valence-electron chi connectivity index (χ0n) is 12.7. The van der Waals surface area contributed by atoms with E-state index in [2.05, 4.69) is 16.0 Å². The zero-order chi connectivity index (χ0) is 15.7. The summed E-state index contributed by atoms with van der Waals surface area (Å²) in [5, 5.41) is 9.50. The molecule has 2 rings (SSSR count). The van der Waals surface area contributed by atoms with Crippen molar-refractivity contribution < 1.29 is 9.07 Å². The molecule has 0 atom stereocenters. The molecule has 0 aliphatic heterocycles. The minimum Gasteiger partial charge on any atom is -0.565 e. The molecule has 0 aliphatic carbocycles. The summed E-state index contributed by atoms with van der Waals surface area (Å²) in [6.45, 7) is 7.17. The maximum atomic E-state index is 9.50. The first-order chi connectivity index (χ1) is 9.90. The van der Waals surface area contributed by atoms with Gasteiger partial charge in [-0.1, -0.05) is 0 Å². The van der Waals surface area contributed by atoms with E-state index in [0.29, 0.717) is 23.0 Å². The lowest BCUT2D eigenvalue weighted by Gasteiger charge is -2.11. The number of hydrogen-bond donors (Lipinski definition) is 0. The molecular formula is C14H15BN4O2. The summed E-state index contributed by atoms with van der Waals surface area (Å²) in [6, 6.07) is 2.09. The lowest BCUT2D eigenvalue weighted by molar-refractivity contribution is 0.506. The first-order valence-electron chi connectivity index (χ1n) is 6.36. The predicted molar refractivity (Wildman–Crippen MR) is 77.9 cm³/mol. The molecule has 0 saturated carbocycles. The fraction of sp³-hybridized carbons (Fsp3) is 0.357. The second-order valence-electron chi connectivity index (χ2n) is 4.73. The summed E-state index contributed by atoms with van der Waals surface area (Å²) in [7, 11) is 7.24. The van der Waals surface area contributed by atoms with Gasteiger partial charge in [0.1, 0.15) is 28.9 Å². The summed E-state index contributed by atoms with van der Waals surface area (Å²) in [5.41, 5.74) is 2.16. The molecule has 2 heterocycles. The minimum atomic E-state index is 0.196. The van der Waals surface area contributed by atoms with Gasteiger partial charge in [0.15, 0.2) is 11.7 Å². The predicted octanol–water partition coefficient (Wildman–Crippen LogP) is 2.13. The van der Waals surface area contributed by atoms with Crippen LogP contribution >= 0.6 is 0 Å². The average Bonchev–Trinajstić information content (AvgIpc) is 2.88. The van der Waals surface area contributed by atoms with Crippen molar-refractivity contribution in [2.45, 2.75) is 27.7 Å². The van der Waals surface area contributed by atoms with Crippen LogP contribution in [0, 0.1) is 39.0 Å². The summed E-state index contributed by atoms with van der Waals surface area (Å²) < 4.78 is 12.3. The van der Waals surface area contributed by atoms with Gasteiger partial charge in [0.2, 0.25) is 0 Å². The highest BCUT2D eigenvalue weighted by Crippen LogP contribution is 2.30. The van der Waals surface area contributed by atoms with Crippen LogP contribution in [0.1, 0.15) is 34.6 Å². The Bertz CT molecular complexity index is 765. The van der Waals surface area contributed by atoms with Crippen LogP contribution < -0.4 is 0 Å². The van der Waals surface area contributed by atoms with Crippen LogP contribution in [0.4, 0.5) is 0 Å². The highest BCUT2D eigenvalue weighted by Gasteiger charge is 2.23. The van der Waals surface area contributed by atoms with Gasteiger partial charge in [-0.25, -0.2) is 9.97 Å². The molecule has 21 heavy (non-hydrogen) atoms. The molecule has 2 aromatic rings. The van der Waals surface area contributed by atoms with E-state index >= 15 is 0 Å². The SMILES string of the molecule is [B]OC(=C(C#N)c1oc(C)nc1C)c1c(C)nc(C)n1C. The number of allylic oxidation sites excluding steroid dienone is 1. The van der Waals surface area contributed by atoms with Gasteiger partial charge in [-0.05, 0) is 20.8 Å². The number of hydrogen-bond acceptors (Lipinski definition) is 5. The minimum absolute atomic E-state index is 0.196. The van der Waals surface area contributed by atoms with Crippen molar-refractivity contribution >= 4 is 19.4 Å². The number of rotatable bonds is 3. The van der Waals surface area contributed by atoms with Gasteiger partial charge >= 0.3 is 8.05 Å². The van der Waals surface area contributed by atoms with Crippen LogP contribution in [0.15, 0.2) is 4.42 Å². The molecular weight excluding hydrogens is 267 g/mol. The van der Waals surface area contributed by atoms with E-state index < -0.39 is 0 Å². The molecule has 0 aromatic carbocycles. The van der Waals surface area contributed by atoms with Crippen LogP contribution in [0.3, 0.4) is 0 Å². The molecule has 106 valence electrons. The van der Waals surface area contributed by atoms with Crippen molar-refractivity contribution in [3.63, 3.8) is 0 Å². The monoisotopic (exact) mass is 282 g/mol. The number of aryl methyl sites for hydroxylation is 4. The van der Waals surface area contributed by atoms with E-state index in [4.69, 9.17) is 17.1 Å². The molecule has 6 nitrogen and oxygen atoms in total. The Morgan fingerprint density at radius 2 is 1.90 bits per heavy atom. The summed E-state index contributed by atoms with van der Waals surface area (Å²) in [5.74, 6) is 1.84. The van der Waals surface area contributed by atoms with Crippen molar-refractivity contribution in [2.75, 3.05) is 0 Å². The van der Waals surface area contributed by atoms with E-state index in [9.17, 15) is 5.26 Å². The second kappa shape index (κ2) is 5.48. The lowest BCUT2D eigenvalue weighted by Crippen LogP contribution is -2.03. The van der Waals surface area contributed by atoms with Crippen molar-refractivity contribution in [3.05, 3.63) is 34.6 Å². The van der Waals surface area contributed by atoms with Crippen molar-refractivity contribution in [1.29, 1.82) is 5.26 Å². The van der Waals surface area contributed by atoms with Gasteiger partial charge in [0, 0.05) is 14.0 Å². The molecule has 0 spiro atoms. The van der Waals surface area contributed by atoms with Gasteiger partial charge in [-0.3, -0.25) is 0 Å². The van der Waals surface area contributed by atoms with E-state index in [1.807, 2.05) is 25.5 Å². The van der Waals surface area contributed by atoms with Crippen molar-refractivity contribution in [2.24, 2.45) is 7.05 Å². The Balaban J connectivity index is 2.77. The summed E-state index contributed by atoms with van der Waals surface area (Å²) in [6.07, 6.45) is 0. The maximum absolute atomic E-state index is 9.50. The van der Waals surface area contributed by atoms with Gasteiger partial charge in [-0.2, -0.15) is 5.26 Å². The third kappa shape index (κ3) is 2.45. The Kier molecular flexibility index (Phi) is 3.89. The smallest absolute Gasteiger partial charge is 0.374 e. The molecule has 0 aliphatic rings. The molecule has 0 amide bonds. The third-order valence-corrected chi connectivity index (χ3v) is 3.30. The van der Waals surface area contributed by atoms with E-state index in [1.165, 1.54) is 0 Å². The quantitative estimate of drug-likeness (QED) is 0.489. The highest BCUT2D eigenvalue weighted by molar-refractivity contribution is 6.06. The zero-order valence-corrected chi connectivity index (χ0v) is 12.7. The fourth-order valence-electron chi connectivity index (χ4n) is 2.29. The number of nitriles is 1. The van der Waals surface area contributed by atoms with Gasteiger partial charge in [0.05, 0.1) is 11.4 Å². The topological polar surface area (TPSA) is 76.9 Å². The lowest BCUT2D eigenvalue weighted by atomic mass is 10.1. The molecule has 7 heteroatoms. The summed E-state index contributed by atoms with van der Waals surface area (Å²) in [4.78, 5) is 8.52. The van der Waals surface area contributed by atoms with E-state index in [1.54, 1.807) is 13.8 Å². The highest BCUT2D eigenvalue weighted by atomic mass is 16.4. The van der Waals surface area contributed by atoms with Crippen molar-refractivity contribution in [3.8, 4) is 6.07 Å². The number of aromatic nitrogens is 3. The largest absolute Gasteiger partial charge is 0.565 e. The average molecular weight is 282 g/mol. The molecule has 0 N–H and O–H groups in total. The van der Waals surface area contributed by atoms with Crippen LogP contribution in [0.5, 0.6) is 0 Å². The molecule has 0 bridgehead atoms.